The van der Waals surface area contributed by atoms with Crippen molar-refractivity contribution >= 4 is 0 Å². The Balaban J connectivity index is 6.56. The van der Waals surface area contributed by atoms with Crippen LogP contribution in [0, 0.1) is 5.41 Å². The maximum Gasteiger partial charge on any atom is 0.412 e. The monoisotopic (exact) mass is 346 g/mol. The minimum Gasteiger partial charge on any atom is -0.242 e. The molecule has 0 saturated heterocycles. The van der Waals surface area contributed by atoms with Crippen molar-refractivity contribution in [3.05, 3.63) is 11.9 Å². The fourth-order valence-electron chi connectivity index (χ4n) is 1.36. The van der Waals surface area contributed by atoms with Gasteiger partial charge in [-0.2, -0.15) is 35.1 Å². The Morgan fingerprint density at radius 2 is 1.00 bits per heavy atom. The first-order valence-corrected chi connectivity index (χ1v) is 4.53. The number of rotatable bonds is 4. The molecule has 0 radical (unpaired) electrons. The van der Waals surface area contributed by atoms with Crippen LogP contribution in [0.2, 0.25) is 0 Å². The van der Waals surface area contributed by atoms with Crippen LogP contribution in [-0.2, 0) is 0 Å². The summed E-state index contributed by atoms with van der Waals surface area (Å²) in [6, 6.07) is 0. The molecule has 0 N–H and O–H groups in total. The third-order valence-electron chi connectivity index (χ3n) is 2.34. The van der Waals surface area contributed by atoms with Crippen LogP contribution in [0.1, 0.15) is 0 Å². The summed E-state index contributed by atoms with van der Waals surface area (Å²) in [5.74, 6) is -4.43. The molecular weight excluding hydrogens is 343 g/mol. The summed E-state index contributed by atoms with van der Waals surface area (Å²) < 4.78 is 160. The van der Waals surface area contributed by atoms with Gasteiger partial charge in [0.15, 0.2) is 18.2 Å². The molecule has 0 aromatic carbocycles. The Morgan fingerprint density at radius 3 is 1.19 bits per heavy atom. The van der Waals surface area contributed by atoms with Gasteiger partial charge in [-0.25, -0.2) is 22.0 Å². The average Bonchev–Trinajstić information content (AvgIpc) is 2.23. The van der Waals surface area contributed by atoms with Crippen molar-refractivity contribution in [2.45, 2.75) is 31.1 Å². The highest BCUT2D eigenvalue weighted by Crippen LogP contribution is 2.60. The molecule has 0 saturated carbocycles. The molecule has 2 unspecified atom stereocenters. The lowest BCUT2D eigenvalue weighted by Gasteiger charge is -2.38. The number of halogens is 13. The summed E-state index contributed by atoms with van der Waals surface area (Å²) in [5, 5.41) is 0. The topological polar surface area (TPSA) is 0 Å². The van der Waals surface area contributed by atoms with E-state index in [0.717, 1.165) is 0 Å². The first kappa shape index (κ1) is 19.8. The van der Waals surface area contributed by atoms with Crippen molar-refractivity contribution < 1.29 is 57.1 Å². The predicted octanol–water partition coefficient (Wildman–Crippen LogP) is 5.12. The quantitative estimate of drug-likeness (QED) is 0.620. The van der Waals surface area contributed by atoms with E-state index in [1.807, 2.05) is 0 Å². The molecule has 13 heteroatoms. The van der Waals surface area contributed by atoms with E-state index in [9.17, 15) is 57.1 Å². The zero-order chi connectivity index (χ0) is 17.4. The molecule has 0 amide bonds. The normalized spacial score (nSPS) is 16.9. The van der Waals surface area contributed by atoms with Crippen molar-refractivity contribution in [3.8, 4) is 0 Å². The van der Waals surface area contributed by atoms with Crippen molar-refractivity contribution in [1.82, 2.24) is 0 Å². The van der Waals surface area contributed by atoms with E-state index in [2.05, 4.69) is 0 Å². The third-order valence-corrected chi connectivity index (χ3v) is 2.34. The molecule has 0 fully saturated rings. The van der Waals surface area contributed by atoms with Crippen LogP contribution in [-0.4, -0.2) is 31.1 Å². The number of hydrogen-bond donors (Lipinski definition) is 0. The molecule has 0 aromatic heterocycles. The van der Waals surface area contributed by atoms with E-state index >= 15 is 0 Å². The average molecular weight is 346 g/mol. The molecule has 0 aromatic rings. The van der Waals surface area contributed by atoms with E-state index in [-0.39, 0.29) is 0 Å². The lowest BCUT2D eigenvalue weighted by atomic mass is 9.78. The summed E-state index contributed by atoms with van der Waals surface area (Å²) in [7, 11) is 0. The van der Waals surface area contributed by atoms with Crippen LogP contribution in [0.5, 0.6) is 0 Å². The predicted molar refractivity (Wildman–Crippen MR) is 40.7 cm³/mol. The Morgan fingerprint density at radius 1 is 0.667 bits per heavy atom. The minimum atomic E-state index is -7.20. The van der Waals surface area contributed by atoms with Crippen LogP contribution in [0.3, 0.4) is 0 Å². The second-order valence-electron chi connectivity index (χ2n) is 3.56. The van der Waals surface area contributed by atoms with E-state index < -0.39 is 48.4 Å². The maximum atomic E-state index is 13.1. The fraction of sp³-hybridized carbons (Fsp3) is 0.750. The zero-order valence-corrected chi connectivity index (χ0v) is 9.15. The number of hydrogen-bond acceptors (Lipinski definition) is 0. The fourth-order valence-corrected chi connectivity index (χ4v) is 1.36. The second kappa shape index (κ2) is 5.91. The lowest BCUT2D eigenvalue weighted by molar-refractivity contribution is -0.355. The van der Waals surface area contributed by atoms with Gasteiger partial charge in [-0.3, -0.25) is 0 Å². The summed E-state index contributed by atoms with van der Waals surface area (Å²) in [5.41, 5.74) is -6.74. The summed E-state index contributed by atoms with van der Waals surface area (Å²) >= 11 is 0. The van der Waals surface area contributed by atoms with Gasteiger partial charge in [0.05, 0.1) is 0 Å². The maximum absolute atomic E-state index is 13.1. The van der Waals surface area contributed by atoms with Gasteiger partial charge in [0.25, 0.3) is 11.8 Å². The van der Waals surface area contributed by atoms with Gasteiger partial charge in [0, 0.05) is 0 Å². The molecule has 0 spiro atoms. The molecule has 0 rings (SSSR count). The molecule has 0 heterocycles. The largest absolute Gasteiger partial charge is 0.412 e. The highest BCUT2D eigenvalue weighted by Gasteiger charge is 2.80. The highest BCUT2D eigenvalue weighted by atomic mass is 19.4. The van der Waals surface area contributed by atoms with E-state index in [1.165, 1.54) is 0 Å². The number of alkyl halides is 10. The van der Waals surface area contributed by atoms with Gasteiger partial charge in [-0.15, -0.1) is 0 Å². The molecule has 0 aliphatic heterocycles. The first-order chi connectivity index (χ1) is 9.12. The summed E-state index contributed by atoms with van der Waals surface area (Å²) in [6.07, 6.45) is -33.6. The van der Waals surface area contributed by atoms with E-state index in [4.69, 9.17) is 0 Å². The highest BCUT2D eigenvalue weighted by molar-refractivity contribution is 5.20. The molecule has 126 valence electrons. The van der Waals surface area contributed by atoms with Gasteiger partial charge in [0.2, 0.25) is 0 Å². The smallest absolute Gasteiger partial charge is 0.242 e. The first-order valence-electron chi connectivity index (χ1n) is 4.53. The van der Waals surface area contributed by atoms with E-state index in [1.54, 1.807) is 0 Å². The third kappa shape index (κ3) is 3.20. The van der Waals surface area contributed by atoms with Crippen LogP contribution in [0.25, 0.3) is 0 Å². The molecule has 0 bridgehead atoms. The van der Waals surface area contributed by atoms with Crippen molar-refractivity contribution in [2.75, 3.05) is 0 Å². The van der Waals surface area contributed by atoms with Gasteiger partial charge >= 0.3 is 18.4 Å². The molecule has 2 atom stereocenters. The summed E-state index contributed by atoms with van der Waals surface area (Å²) in [4.78, 5) is 0. The second-order valence-corrected chi connectivity index (χ2v) is 3.56. The van der Waals surface area contributed by atoms with Crippen molar-refractivity contribution in [1.29, 1.82) is 0 Å². The minimum absolute atomic E-state index is 4.27. The Hall–Kier alpha value is -1.17. The Labute approximate surface area is 107 Å². The number of allylic oxidation sites excluding steroid dienone is 1. The van der Waals surface area contributed by atoms with Crippen LogP contribution in [0.4, 0.5) is 57.1 Å². The Kier molecular flexibility index (Phi) is 5.58. The van der Waals surface area contributed by atoms with Crippen LogP contribution in [0.15, 0.2) is 11.9 Å². The SMILES string of the molecule is FC(F)=C(F)C(C(F)C(F)C(F)F)(C(F)(F)F)C(F)(F)F. The summed E-state index contributed by atoms with van der Waals surface area (Å²) in [6.45, 7) is 0. The standard InChI is InChI=1S/C8H3F13/c9-1(4(12)13)2(10)6(7(16,17)18,8(19,20)21)3(11)5(14)15/h1-2,4H. The molecule has 0 aliphatic rings. The van der Waals surface area contributed by atoms with E-state index in [0.29, 0.717) is 0 Å². The molecular formula is C8H3F13. The van der Waals surface area contributed by atoms with Gasteiger partial charge in [-0.1, -0.05) is 0 Å². The van der Waals surface area contributed by atoms with Crippen LogP contribution < -0.4 is 0 Å². The Bertz CT molecular complexity index is 370. The lowest BCUT2D eigenvalue weighted by Crippen LogP contribution is -2.60. The zero-order valence-electron chi connectivity index (χ0n) is 9.15. The molecule has 0 aliphatic carbocycles. The van der Waals surface area contributed by atoms with Gasteiger partial charge in [0.1, 0.15) is 0 Å². The van der Waals surface area contributed by atoms with Crippen LogP contribution >= 0.6 is 0 Å². The molecule has 21 heavy (non-hydrogen) atoms. The van der Waals surface area contributed by atoms with Crippen molar-refractivity contribution in [2.24, 2.45) is 5.41 Å². The molecule has 0 nitrogen and oxygen atoms in total. The van der Waals surface area contributed by atoms with Gasteiger partial charge in [-0.05, 0) is 0 Å². The van der Waals surface area contributed by atoms with Gasteiger partial charge < -0.3 is 0 Å². The van der Waals surface area contributed by atoms with Crippen molar-refractivity contribution in [3.63, 3.8) is 0 Å².